The zero-order chi connectivity index (χ0) is 19.2. The van der Waals surface area contributed by atoms with E-state index in [1.54, 1.807) is 16.8 Å². The number of morpholine rings is 1. The standard InChI is InChI=1S/C19H27N5O3.HI/c1-4-20-19(21-10-14-5-6-17(26-3)16(25)9-14)24-7-8-27-18(13-24)15-11-22-23(2)12-15;/h5-6,9,11-12,18,25H,4,7-8,10,13H2,1-3H3,(H,20,21);1H. The number of guanidine groups is 1. The average molecular weight is 501 g/mol. The molecule has 1 atom stereocenters. The van der Waals surface area contributed by atoms with Crippen LogP contribution < -0.4 is 10.1 Å². The van der Waals surface area contributed by atoms with Gasteiger partial charge in [0.1, 0.15) is 6.10 Å². The van der Waals surface area contributed by atoms with Gasteiger partial charge in [0, 0.05) is 31.9 Å². The van der Waals surface area contributed by atoms with Crippen LogP contribution in [0.3, 0.4) is 0 Å². The van der Waals surface area contributed by atoms with E-state index in [9.17, 15) is 5.11 Å². The number of nitrogens with zero attached hydrogens (tertiary/aromatic N) is 4. The number of methoxy groups -OCH3 is 1. The number of halogens is 1. The number of aliphatic imine (C=N–C) groups is 1. The summed E-state index contributed by atoms with van der Waals surface area (Å²) in [5, 5.41) is 17.5. The van der Waals surface area contributed by atoms with Crippen LogP contribution in [-0.2, 0) is 18.3 Å². The van der Waals surface area contributed by atoms with Gasteiger partial charge in [-0.05, 0) is 24.6 Å². The molecule has 2 N–H and O–H groups in total. The van der Waals surface area contributed by atoms with Gasteiger partial charge in [-0.3, -0.25) is 4.68 Å². The largest absolute Gasteiger partial charge is 0.504 e. The summed E-state index contributed by atoms with van der Waals surface area (Å²) in [6.45, 7) is 5.42. The average Bonchev–Trinajstić information content (AvgIpc) is 3.12. The van der Waals surface area contributed by atoms with Crippen molar-refractivity contribution in [3.63, 3.8) is 0 Å². The maximum atomic E-state index is 9.95. The van der Waals surface area contributed by atoms with E-state index < -0.39 is 0 Å². The lowest BCUT2D eigenvalue weighted by atomic mass is 10.1. The van der Waals surface area contributed by atoms with Gasteiger partial charge in [0.05, 0.1) is 33.0 Å². The van der Waals surface area contributed by atoms with Crippen LogP contribution in [0.2, 0.25) is 0 Å². The lowest BCUT2D eigenvalue weighted by molar-refractivity contribution is -0.00805. The first-order valence-electron chi connectivity index (χ1n) is 9.10. The summed E-state index contributed by atoms with van der Waals surface area (Å²) in [4.78, 5) is 6.94. The molecule has 1 aromatic heterocycles. The molecule has 1 aromatic carbocycles. The summed E-state index contributed by atoms with van der Waals surface area (Å²) in [5.74, 6) is 1.42. The molecule has 28 heavy (non-hydrogen) atoms. The fraction of sp³-hybridized carbons (Fsp3) is 0.474. The molecule has 0 bridgehead atoms. The molecule has 2 heterocycles. The van der Waals surface area contributed by atoms with E-state index in [2.05, 4.69) is 15.3 Å². The summed E-state index contributed by atoms with van der Waals surface area (Å²) < 4.78 is 12.8. The second-order valence-electron chi connectivity index (χ2n) is 6.43. The van der Waals surface area contributed by atoms with Crippen molar-refractivity contribution in [3.8, 4) is 11.5 Å². The van der Waals surface area contributed by atoms with Crippen molar-refractivity contribution in [3.05, 3.63) is 41.7 Å². The third-order valence-electron chi connectivity index (χ3n) is 4.45. The van der Waals surface area contributed by atoms with Crippen LogP contribution in [-0.4, -0.2) is 59.1 Å². The number of phenols is 1. The van der Waals surface area contributed by atoms with Gasteiger partial charge >= 0.3 is 0 Å². The fourth-order valence-corrected chi connectivity index (χ4v) is 3.08. The van der Waals surface area contributed by atoms with Crippen LogP contribution in [0.5, 0.6) is 11.5 Å². The highest BCUT2D eigenvalue weighted by Crippen LogP contribution is 2.26. The topological polar surface area (TPSA) is 84.1 Å². The van der Waals surface area contributed by atoms with Crippen molar-refractivity contribution in [2.45, 2.75) is 19.6 Å². The molecule has 1 unspecified atom stereocenters. The van der Waals surface area contributed by atoms with Gasteiger partial charge in [-0.25, -0.2) is 4.99 Å². The Hall–Kier alpha value is -2.01. The van der Waals surface area contributed by atoms with Crippen molar-refractivity contribution < 1.29 is 14.6 Å². The number of phenolic OH excluding ortho intramolecular Hbond substituents is 1. The predicted octanol–water partition coefficient (Wildman–Crippen LogP) is 2.29. The molecule has 1 aliphatic heterocycles. The number of ether oxygens (including phenoxy) is 2. The number of hydrogen-bond acceptors (Lipinski definition) is 5. The lowest BCUT2D eigenvalue weighted by Gasteiger charge is -2.34. The Morgan fingerprint density at radius 2 is 2.29 bits per heavy atom. The van der Waals surface area contributed by atoms with Gasteiger partial charge in [0.25, 0.3) is 0 Å². The van der Waals surface area contributed by atoms with Gasteiger partial charge < -0.3 is 24.8 Å². The van der Waals surface area contributed by atoms with Crippen molar-refractivity contribution in [2.75, 3.05) is 33.4 Å². The molecule has 3 rings (SSSR count). The Morgan fingerprint density at radius 3 is 2.93 bits per heavy atom. The molecule has 9 heteroatoms. The summed E-state index contributed by atoms with van der Waals surface area (Å²) in [7, 11) is 3.44. The summed E-state index contributed by atoms with van der Waals surface area (Å²) in [6, 6.07) is 5.34. The quantitative estimate of drug-likeness (QED) is 0.372. The molecule has 0 aliphatic carbocycles. The number of benzene rings is 1. The number of aryl methyl sites for hydroxylation is 1. The highest BCUT2D eigenvalue weighted by molar-refractivity contribution is 14.0. The first kappa shape index (κ1) is 22.3. The highest BCUT2D eigenvalue weighted by Gasteiger charge is 2.25. The van der Waals surface area contributed by atoms with E-state index in [-0.39, 0.29) is 35.8 Å². The monoisotopic (exact) mass is 501 g/mol. The second kappa shape index (κ2) is 10.5. The first-order chi connectivity index (χ1) is 13.1. The maximum Gasteiger partial charge on any atom is 0.194 e. The van der Waals surface area contributed by atoms with E-state index >= 15 is 0 Å². The first-order valence-corrected chi connectivity index (χ1v) is 9.10. The Balaban J connectivity index is 0.00000280. The van der Waals surface area contributed by atoms with Crippen molar-refractivity contribution in [1.29, 1.82) is 0 Å². The van der Waals surface area contributed by atoms with Crippen LogP contribution in [0.15, 0.2) is 35.6 Å². The van der Waals surface area contributed by atoms with E-state index in [1.807, 2.05) is 32.4 Å². The van der Waals surface area contributed by atoms with E-state index in [4.69, 9.17) is 14.5 Å². The van der Waals surface area contributed by atoms with Crippen LogP contribution in [0.4, 0.5) is 0 Å². The summed E-state index contributed by atoms with van der Waals surface area (Å²) in [5.41, 5.74) is 1.99. The molecule has 154 valence electrons. The number of aromatic hydroxyl groups is 1. The molecule has 8 nitrogen and oxygen atoms in total. The molecule has 0 amide bonds. The highest BCUT2D eigenvalue weighted by atomic mass is 127. The Kier molecular flexibility index (Phi) is 8.36. The lowest BCUT2D eigenvalue weighted by Crippen LogP contribution is -2.48. The molecule has 1 fully saturated rings. The minimum Gasteiger partial charge on any atom is -0.504 e. The third kappa shape index (κ3) is 5.51. The number of aromatic nitrogens is 2. The molecular formula is C19H28IN5O3. The molecule has 1 aliphatic rings. The van der Waals surface area contributed by atoms with E-state index in [0.717, 1.165) is 30.2 Å². The van der Waals surface area contributed by atoms with Crippen LogP contribution in [0, 0.1) is 0 Å². The maximum absolute atomic E-state index is 9.95. The van der Waals surface area contributed by atoms with Crippen LogP contribution in [0.1, 0.15) is 24.2 Å². The van der Waals surface area contributed by atoms with Crippen molar-refractivity contribution >= 4 is 29.9 Å². The SMILES string of the molecule is CCNC(=NCc1ccc(OC)c(O)c1)N1CCOC(c2cnn(C)c2)C1.I. The van der Waals surface area contributed by atoms with Crippen LogP contribution in [0.25, 0.3) is 0 Å². The smallest absolute Gasteiger partial charge is 0.194 e. The molecule has 2 aromatic rings. The molecule has 1 saturated heterocycles. The Morgan fingerprint density at radius 1 is 1.46 bits per heavy atom. The minimum absolute atomic E-state index is 0. The molecular weight excluding hydrogens is 473 g/mol. The zero-order valence-corrected chi connectivity index (χ0v) is 18.8. The van der Waals surface area contributed by atoms with Crippen molar-refractivity contribution in [2.24, 2.45) is 12.0 Å². The molecule has 0 saturated carbocycles. The van der Waals surface area contributed by atoms with Gasteiger partial charge in [-0.1, -0.05) is 6.07 Å². The summed E-state index contributed by atoms with van der Waals surface area (Å²) in [6.07, 6.45) is 3.80. The Bertz CT molecular complexity index is 796. The zero-order valence-electron chi connectivity index (χ0n) is 16.5. The fourth-order valence-electron chi connectivity index (χ4n) is 3.08. The third-order valence-corrected chi connectivity index (χ3v) is 4.45. The minimum atomic E-state index is -0.0265. The normalized spacial score (nSPS) is 17.2. The summed E-state index contributed by atoms with van der Waals surface area (Å²) >= 11 is 0. The van der Waals surface area contributed by atoms with Gasteiger partial charge in [0.2, 0.25) is 0 Å². The van der Waals surface area contributed by atoms with Gasteiger partial charge in [-0.15, -0.1) is 24.0 Å². The number of nitrogens with one attached hydrogen (secondary N) is 1. The van der Waals surface area contributed by atoms with Gasteiger partial charge in [-0.2, -0.15) is 5.10 Å². The van der Waals surface area contributed by atoms with Crippen LogP contribution >= 0.6 is 24.0 Å². The number of rotatable bonds is 5. The van der Waals surface area contributed by atoms with E-state index in [1.165, 1.54) is 7.11 Å². The molecule has 0 spiro atoms. The molecule has 0 radical (unpaired) electrons. The predicted molar refractivity (Wildman–Crippen MR) is 118 cm³/mol. The van der Waals surface area contributed by atoms with Gasteiger partial charge in [0.15, 0.2) is 17.5 Å². The van der Waals surface area contributed by atoms with Crippen molar-refractivity contribution in [1.82, 2.24) is 20.0 Å². The Labute approximate surface area is 182 Å². The van der Waals surface area contributed by atoms with E-state index in [0.29, 0.717) is 25.4 Å². The number of hydrogen-bond donors (Lipinski definition) is 2. The second-order valence-corrected chi connectivity index (χ2v) is 6.43.